The van der Waals surface area contributed by atoms with E-state index < -0.39 is 92.7 Å². The Bertz CT molecular complexity index is 892. The van der Waals surface area contributed by atoms with Gasteiger partial charge in [0.05, 0.1) is 19.8 Å². The third kappa shape index (κ3) is 15.7. The summed E-state index contributed by atoms with van der Waals surface area (Å²) >= 11 is 0. The van der Waals surface area contributed by atoms with E-state index in [4.69, 9.17) is 28.4 Å². The molecule has 15 heteroatoms. The Balaban J connectivity index is 1.84. The van der Waals surface area contributed by atoms with Crippen LogP contribution in [0.4, 0.5) is 0 Å². The molecule has 0 radical (unpaired) electrons. The largest absolute Gasteiger partial charge is 0.462 e. The molecule has 2 fully saturated rings. The van der Waals surface area contributed by atoms with E-state index in [-0.39, 0.29) is 26.1 Å². The van der Waals surface area contributed by atoms with Gasteiger partial charge >= 0.3 is 11.9 Å². The number of aliphatic hydroxyl groups excluding tert-OH is 7. The molecule has 2 saturated heterocycles. The summed E-state index contributed by atoms with van der Waals surface area (Å²) in [4.78, 5) is 24.6. The standard InChI is InChI=1S/C34H62O15/c1-3-5-6-7-8-9-10-11-12-13-14-15-17-26(37)47-22(19-44-25(36)16-4-2)20-45-33-32(43)30(41)28(39)24(49-33)21-46-34-31(42)29(40)27(38)23(18-35)48-34/h22-24,27-35,38-43H,3-21H2,1-2H3. The fourth-order valence-corrected chi connectivity index (χ4v) is 5.72. The van der Waals surface area contributed by atoms with Crippen LogP contribution in [0.25, 0.3) is 0 Å². The molecule has 11 unspecified atom stereocenters. The predicted molar refractivity (Wildman–Crippen MR) is 174 cm³/mol. The van der Waals surface area contributed by atoms with E-state index in [2.05, 4.69) is 6.92 Å². The van der Waals surface area contributed by atoms with Crippen LogP contribution < -0.4 is 0 Å². The van der Waals surface area contributed by atoms with E-state index in [0.29, 0.717) is 12.8 Å². The zero-order chi connectivity index (χ0) is 36.2. The second-order valence-corrected chi connectivity index (χ2v) is 13.1. The van der Waals surface area contributed by atoms with Crippen molar-refractivity contribution >= 4 is 11.9 Å². The minimum Gasteiger partial charge on any atom is -0.462 e. The molecule has 2 aliphatic rings. The number of hydrogen-bond acceptors (Lipinski definition) is 15. The number of rotatable bonds is 25. The Labute approximate surface area is 289 Å². The molecule has 2 rings (SSSR count). The molecule has 0 aromatic heterocycles. The minimum atomic E-state index is -1.75. The number of aliphatic hydroxyl groups is 7. The molecule has 0 aromatic rings. The first-order valence-electron chi connectivity index (χ1n) is 18.1. The lowest BCUT2D eigenvalue weighted by Crippen LogP contribution is -2.61. The molecule has 15 nitrogen and oxygen atoms in total. The van der Waals surface area contributed by atoms with Gasteiger partial charge in [-0.1, -0.05) is 84.5 Å². The maximum absolute atomic E-state index is 12.6. The number of hydrogen-bond donors (Lipinski definition) is 7. The second-order valence-electron chi connectivity index (χ2n) is 13.1. The van der Waals surface area contributed by atoms with E-state index in [9.17, 15) is 45.3 Å². The average Bonchev–Trinajstić information content (AvgIpc) is 3.08. The Kier molecular flexibility index (Phi) is 22.0. The third-order valence-electron chi connectivity index (χ3n) is 8.81. The fraction of sp³-hybridized carbons (Fsp3) is 0.941. The highest BCUT2D eigenvalue weighted by Crippen LogP contribution is 2.26. The van der Waals surface area contributed by atoms with Crippen molar-refractivity contribution in [2.45, 2.75) is 178 Å². The lowest BCUT2D eigenvalue weighted by molar-refractivity contribution is -0.332. The maximum Gasteiger partial charge on any atom is 0.306 e. The molecule has 11 atom stereocenters. The van der Waals surface area contributed by atoms with Crippen molar-refractivity contribution in [2.24, 2.45) is 0 Å². The van der Waals surface area contributed by atoms with Gasteiger partial charge in [0.15, 0.2) is 18.7 Å². The lowest BCUT2D eigenvalue weighted by Gasteiger charge is -2.42. The lowest BCUT2D eigenvalue weighted by atomic mass is 9.98. The summed E-state index contributed by atoms with van der Waals surface area (Å²) in [6, 6.07) is 0. The Morgan fingerprint density at radius 2 is 1.08 bits per heavy atom. The molecule has 49 heavy (non-hydrogen) atoms. The summed E-state index contributed by atoms with van der Waals surface area (Å²) in [6.45, 7) is 2.14. The molecule has 288 valence electrons. The maximum atomic E-state index is 12.6. The first-order valence-corrected chi connectivity index (χ1v) is 18.1. The van der Waals surface area contributed by atoms with E-state index >= 15 is 0 Å². The first-order chi connectivity index (χ1) is 23.5. The Hall–Kier alpha value is -1.50. The number of ether oxygens (including phenoxy) is 6. The molecular formula is C34H62O15. The number of unbranched alkanes of at least 4 members (excludes halogenated alkanes) is 11. The van der Waals surface area contributed by atoms with Crippen molar-refractivity contribution in [1.82, 2.24) is 0 Å². The van der Waals surface area contributed by atoms with Crippen LogP contribution in [0, 0.1) is 0 Å². The van der Waals surface area contributed by atoms with Gasteiger partial charge in [0, 0.05) is 12.8 Å². The molecule has 0 spiro atoms. The molecule has 0 aliphatic carbocycles. The summed E-state index contributed by atoms with van der Waals surface area (Å²) in [6.07, 6.45) is -2.08. The highest BCUT2D eigenvalue weighted by atomic mass is 16.7. The van der Waals surface area contributed by atoms with Crippen molar-refractivity contribution in [3.63, 3.8) is 0 Å². The van der Waals surface area contributed by atoms with Crippen molar-refractivity contribution in [3.05, 3.63) is 0 Å². The number of carbonyl (C=O) groups is 2. The quantitative estimate of drug-likeness (QED) is 0.0517. The summed E-state index contributed by atoms with van der Waals surface area (Å²) in [5, 5.41) is 71.0. The SMILES string of the molecule is CCCCCCCCCCCCCCC(=O)OC(COC(=O)CCC)COC1OC(COC2OC(CO)C(O)C(O)C2O)C(O)C(O)C1O. The molecule has 2 aliphatic heterocycles. The van der Waals surface area contributed by atoms with Gasteiger partial charge in [-0.25, -0.2) is 0 Å². The minimum absolute atomic E-state index is 0.168. The van der Waals surface area contributed by atoms with Crippen LogP contribution in [0.3, 0.4) is 0 Å². The Morgan fingerprint density at radius 1 is 0.571 bits per heavy atom. The molecule has 0 saturated carbocycles. The molecule has 0 amide bonds. The van der Waals surface area contributed by atoms with Gasteiger partial charge in [-0.05, 0) is 12.8 Å². The number of carbonyl (C=O) groups excluding carboxylic acids is 2. The van der Waals surface area contributed by atoms with Crippen LogP contribution in [0.15, 0.2) is 0 Å². The molecule has 7 N–H and O–H groups in total. The van der Waals surface area contributed by atoms with Crippen LogP contribution in [0.1, 0.15) is 110 Å². The molecule has 2 heterocycles. The van der Waals surface area contributed by atoms with Crippen LogP contribution in [0.2, 0.25) is 0 Å². The zero-order valence-corrected chi connectivity index (χ0v) is 29.2. The van der Waals surface area contributed by atoms with Crippen molar-refractivity contribution in [1.29, 1.82) is 0 Å². The molecule has 0 bridgehead atoms. The van der Waals surface area contributed by atoms with E-state index in [1.807, 2.05) is 6.92 Å². The van der Waals surface area contributed by atoms with Gasteiger partial charge in [-0.15, -0.1) is 0 Å². The van der Waals surface area contributed by atoms with Gasteiger partial charge in [-0.2, -0.15) is 0 Å². The first kappa shape index (κ1) is 43.7. The van der Waals surface area contributed by atoms with Crippen molar-refractivity contribution in [2.75, 3.05) is 26.4 Å². The zero-order valence-electron chi connectivity index (χ0n) is 29.2. The topological polar surface area (TPSA) is 231 Å². The van der Waals surface area contributed by atoms with Crippen molar-refractivity contribution < 1.29 is 73.8 Å². The summed E-state index contributed by atoms with van der Waals surface area (Å²) in [5.41, 5.74) is 0. The van der Waals surface area contributed by atoms with Crippen molar-refractivity contribution in [3.8, 4) is 0 Å². The van der Waals surface area contributed by atoms with Gasteiger partial charge in [0.1, 0.15) is 55.4 Å². The normalized spacial score (nSPS) is 31.0. The highest BCUT2D eigenvalue weighted by molar-refractivity contribution is 5.70. The summed E-state index contributed by atoms with van der Waals surface area (Å²) in [5.74, 6) is -0.985. The van der Waals surface area contributed by atoms with Crippen LogP contribution >= 0.6 is 0 Å². The second kappa shape index (κ2) is 24.6. The van der Waals surface area contributed by atoms with Gasteiger partial charge in [0.2, 0.25) is 0 Å². The van der Waals surface area contributed by atoms with E-state index in [1.165, 1.54) is 51.4 Å². The third-order valence-corrected chi connectivity index (χ3v) is 8.81. The highest BCUT2D eigenvalue weighted by Gasteiger charge is 2.47. The van der Waals surface area contributed by atoms with Crippen LogP contribution in [0.5, 0.6) is 0 Å². The van der Waals surface area contributed by atoms with Gasteiger partial charge in [-0.3, -0.25) is 9.59 Å². The van der Waals surface area contributed by atoms with E-state index in [1.54, 1.807) is 0 Å². The molecular weight excluding hydrogens is 648 g/mol. The number of esters is 2. The van der Waals surface area contributed by atoms with Crippen LogP contribution in [-0.2, 0) is 38.0 Å². The van der Waals surface area contributed by atoms with Gasteiger partial charge in [0.25, 0.3) is 0 Å². The van der Waals surface area contributed by atoms with E-state index in [0.717, 1.165) is 19.3 Å². The summed E-state index contributed by atoms with van der Waals surface area (Å²) in [7, 11) is 0. The fourth-order valence-electron chi connectivity index (χ4n) is 5.72. The van der Waals surface area contributed by atoms with Gasteiger partial charge < -0.3 is 64.2 Å². The van der Waals surface area contributed by atoms with Crippen LogP contribution in [-0.4, -0.2) is 142 Å². The monoisotopic (exact) mass is 710 g/mol. The Morgan fingerprint density at radius 3 is 1.63 bits per heavy atom. The predicted octanol–water partition coefficient (Wildman–Crippen LogP) is 0.973. The molecule has 0 aromatic carbocycles. The average molecular weight is 711 g/mol. The summed E-state index contributed by atoms with van der Waals surface area (Å²) < 4.78 is 32.8. The smallest absolute Gasteiger partial charge is 0.306 e.